The number of carbonyl (C=O) groups excluding carboxylic acids is 3. The fourth-order valence-corrected chi connectivity index (χ4v) is 4.97. The molecular formula is C27H30FIN2O7. The van der Waals surface area contributed by atoms with Crippen molar-refractivity contribution in [3.05, 3.63) is 68.6 Å². The van der Waals surface area contributed by atoms with E-state index < -0.39 is 30.0 Å². The van der Waals surface area contributed by atoms with Crippen LogP contribution in [0.4, 0.5) is 4.39 Å². The maximum atomic E-state index is 13.5. The Morgan fingerprint density at radius 3 is 2.58 bits per heavy atom. The fraction of sp³-hybridized carbons (Fsp3) is 0.370. The molecule has 1 aliphatic rings. The van der Waals surface area contributed by atoms with E-state index in [2.05, 4.69) is 5.32 Å². The third-order valence-corrected chi connectivity index (χ3v) is 6.95. The maximum absolute atomic E-state index is 13.5. The SMILES string of the molecule is CCC(=O)N(Cc1ccc(F)cc1)C1CC(C(=O)NCCO)=CC(Oc2c(I)cc(C=O)cc2OC)C1O. The van der Waals surface area contributed by atoms with Crippen molar-refractivity contribution in [2.75, 3.05) is 20.3 Å². The molecule has 0 bridgehead atoms. The zero-order valence-corrected chi connectivity index (χ0v) is 23.2. The molecule has 0 aromatic heterocycles. The van der Waals surface area contributed by atoms with E-state index in [1.807, 2.05) is 22.6 Å². The molecule has 204 valence electrons. The average molecular weight is 640 g/mol. The molecule has 0 spiro atoms. The largest absolute Gasteiger partial charge is 0.493 e. The number of benzene rings is 2. The van der Waals surface area contributed by atoms with Gasteiger partial charge in [-0.3, -0.25) is 14.4 Å². The van der Waals surface area contributed by atoms with Gasteiger partial charge in [-0.05, 0) is 58.5 Å². The lowest BCUT2D eigenvalue weighted by Gasteiger charge is -2.40. The van der Waals surface area contributed by atoms with Crippen molar-refractivity contribution in [1.82, 2.24) is 10.2 Å². The number of halogens is 2. The third kappa shape index (κ3) is 7.08. The second kappa shape index (κ2) is 13.7. The van der Waals surface area contributed by atoms with Crippen LogP contribution in [0.25, 0.3) is 0 Å². The summed E-state index contributed by atoms with van der Waals surface area (Å²) in [5.41, 5.74) is 1.30. The molecule has 0 saturated carbocycles. The number of methoxy groups -OCH3 is 1. The van der Waals surface area contributed by atoms with E-state index in [-0.39, 0.29) is 55.5 Å². The van der Waals surface area contributed by atoms with Gasteiger partial charge in [-0.25, -0.2) is 4.39 Å². The van der Waals surface area contributed by atoms with Crippen molar-refractivity contribution in [3.8, 4) is 11.5 Å². The summed E-state index contributed by atoms with van der Waals surface area (Å²) in [4.78, 5) is 38.7. The zero-order chi connectivity index (χ0) is 27.8. The highest BCUT2D eigenvalue weighted by atomic mass is 127. The quantitative estimate of drug-likeness (QED) is 0.255. The molecule has 0 radical (unpaired) electrons. The van der Waals surface area contributed by atoms with Crippen molar-refractivity contribution in [2.24, 2.45) is 0 Å². The number of rotatable bonds is 11. The molecule has 2 amide bonds. The number of nitrogens with zero attached hydrogens (tertiary/aromatic N) is 1. The first-order valence-corrected chi connectivity index (χ1v) is 13.1. The van der Waals surface area contributed by atoms with Gasteiger partial charge in [0.05, 0.1) is 23.3 Å². The number of amides is 2. The van der Waals surface area contributed by atoms with Crippen LogP contribution in [0.1, 0.15) is 35.7 Å². The zero-order valence-electron chi connectivity index (χ0n) is 21.0. The Bertz CT molecular complexity index is 1190. The van der Waals surface area contributed by atoms with E-state index in [1.165, 1.54) is 36.3 Å². The number of hydrogen-bond acceptors (Lipinski definition) is 7. The molecule has 0 heterocycles. The summed E-state index contributed by atoms with van der Waals surface area (Å²) in [5, 5.41) is 23.2. The third-order valence-electron chi connectivity index (χ3n) is 6.15. The molecule has 2 aromatic carbocycles. The van der Waals surface area contributed by atoms with Crippen LogP contribution < -0.4 is 14.8 Å². The van der Waals surface area contributed by atoms with Crippen LogP contribution in [-0.4, -0.2) is 71.7 Å². The van der Waals surface area contributed by atoms with Crippen molar-refractivity contribution in [3.63, 3.8) is 0 Å². The highest BCUT2D eigenvalue weighted by molar-refractivity contribution is 14.1. The lowest BCUT2D eigenvalue weighted by atomic mass is 9.87. The second-order valence-corrected chi connectivity index (χ2v) is 9.83. The number of aldehydes is 1. The van der Waals surface area contributed by atoms with E-state index >= 15 is 0 Å². The first-order chi connectivity index (χ1) is 18.2. The van der Waals surface area contributed by atoms with E-state index in [0.29, 0.717) is 21.0 Å². The predicted molar refractivity (Wildman–Crippen MR) is 145 cm³/mol. The summed E-state index contributed by atoms with van der Waals surface area (Å²) in [5.74, 6) is -0.615. The Morgan fingerprint density at radius 1 is 1.26 bits per heavy atom. The van der Waals surface area contributed by atoms with Gasteiger partial charge in [-0.2, -0.15) is 0 Å². The minimum atomic E-state index is -1.24. The summed E-state index contributed by atoms with van der Waals surface area (Å²) < 4.78 is 25.6. The van der Waals surface area contributed by atoms with Crippen molar-refractivity contribution < 1.29 is 38.5 Å². The number of nitrogens with one attached hydrogen (secondary N) is 1. The molecule has 2 aromatic rings. The summed E-state index contributed by atoms with van der Waals surface area (Å²) >= 11 is 1.98. The molecule has 1 aliphatic carbocycles. The Balaban J connectivity index is 2.02. The van der Waals surface area contributed by atoms with Crippen LogP contribution in [0.15, 0.2) is 48.0 Å². The number of ether oxygens (including phenoxy) is 2. The summed E-state index contributed by atoms with van der Waals surface area (Å²) in [7, 11) is 1.42. The normalized spacial score (nSPS) is 18.8. The predicted octanol–water partition coefficient (Wildman–Crippen LogP) is 2.61. The van der Waals surface area contributed by atoms with Gasteiger partial charge in [0.25, 0.3) is 0 Å². The Labute approximate surface area is 233 Å². The summed E-state index contributed by atoms with van der Waals surface area (Å²) in [6, 6.07) is 7.93. The van der Waals surface area contributed by atoms with Crippen LogP contribution in [0.2, 0.25) is 0 Å². The minimum absolute atomic E-state index is 0.0288. The standard InChI is InChI=1S/C27H30FIN2O7/c1-3-24(34)31(14-16-4-6-19(28)7-5-16)21-12-18(27(36)30-8-9-32)13-22(25(21)35)38-26-20(29)10-17(15-33)11-23(26)37-2/h4-7,10-11,13,15,21-22,25,32,35H,3,8-9,12,14H2,1-2H3,(H,30,36). The number of aliphatic hydroxyl groups excluding tert-OH is 2. The first kappa shape index (κ1) is 29.5. The van der Waals surface area contributed by atoms with Crippen LogP contribution in [-0.2, 0) is 16.1 Å². The average Bonchev–Trinajstić information content (AvgIpc) is 2.92. The number of carbonyl (C=O) groups is 3. The summed E-state index contributed by atoms with van der Waals surface area (Å²) in [6.45, 7) is 1.55. The van der Waals surface area contributed by atoms with Gasteiger partial charge >= 0.3 is 0 Å². The molecule has 38 heavy (non-hydrogen) atoms. The smallest absolute Gasteiger partial charge is 0.247 e. The van der Waals surface area contributed by atoms with Crippen LogP contribution in [0, 0.1) is 9.39 Å². The van der Waals surface area contributed by atoms with Crippen molar-refractivity contribution in [1.29, 1.82) is 0 Å². The van der Waals surface area contributed by atoms with Gasteiger partial charge in [0.1, 0.15) is 24.3 Å². The van der Waals surface area contributed by atoms with E-state index in [4.69, 9.17) is 14.6 Å². The lowest BCUT2D eigenvalue weighted by Crippen LogP contribution is -2.54. The topological polar surface area (TPSA) is 125 Å². The first-order valence-electron chi connectivity index (χ1n) is 12.0. The van der Waals surface area contributed by atoms with E-state index in [0.717, 1.165) is 0 Å². The molecule has 3 rings (SSSR count). The van der Waals surface area contributed by atoms with E-state index in [1.54, 1.807) is 25.1 Å². The van der Waals surface area contributed by atoms with Gasteiger partial charge in [0.15, 0.2) is 11.5 Å². The summed E-state index contributed by atoms with van der Waals surface area (Å²) in [6.07, 6.45) is 0.0326. The molecule has 0 fully saturated rings. The lowest BCUT2D eigenvalue weighted by molar-refractivity contribution is -0.139. The Morgan fingerprint density at radius 2 is 1.97 bits per heavy atom. The van der Waals surface area contributed by atoms with Crippen LogP contribution >= 0.6 is 22.6 Å². The monoisotopic (exact) mass is 640 g/mol. The van der Waals surface area contributed by atoms with Gasteiger partial charge in [-0.15, -0.1) is 0 Å². The van der Waals surface area contributed by atoms with Crippen LogP contribution in [0.5, 0.6) is 11.5 Å². The highest BCUT2D eigenvalue weighted by Crippen LogP contribution is 2.37. The van der Waals surface area contributed by atoms with Crippen LogP contribution in [0.3, 0.4) is 0 Å². The Hall–Kier alpha value is -3.03. The van der Waals surface area contributed by atoms with Gasteiger partial charge < -0.3 is 29.9 Å². The molecule has 3 N–H and O–H groups in total. The minimum Gasteiger partial charge on any atom is -0.493 e. The molecular weight excluding hydrogens is 610 g/mol. The fourth-order valence-electron chi connectivity index (χ4n) is 4.22. The molecule has 11 heteroatoms. The molecule has 0 saturated heterocycles. The number of hydrogen-bond donors (Lipinski definition) is 3. The highest BCUT2D eigenvalue weighted by Gasteiger charge is 2.40. The van der Waals surface area contributed by atoms with Gasteiger partial charge in [-0.1, -0.05) is 19.1 Å². The second-order valence-electron chi connectivity index (χ2n) is 8.67. The van der Waals surface area contributed by atoms with Gasteiger partial charge in [0, 0.05) is 37.1 Å². The maximum Gasteiger partial charge on any atom is 0.247 e. The van der Waals surface area contributed by atoms with Crippen molar-refractivity contribution in [2.45, 2.75) is 44.6 Å². The molecule has 9 nitrogen and oxygen atoms in total. The molecule has 3 unspecified atom stereocenters. The van der Waals surface area contributed by atoms with Crippen molar-refractivity contribution >= 4 is 40.7 Å². The molecule has 0 aliphatic heterocycles. The number of aliphatic hydroxyl groups is 2. The van der Waals surface area contributed by atoms with Gasteiger partial charge in [0.2, 0.25) is 11.8 Å². The Kier molecular flexibility index (Phi) is 10.6. The molecule has 3 atom stereocenters. The van der Waals surface area contributed by atoms with E-state index in [9.17, 15) is 23.9 Å².